The average Bonchev–Trinajstić information content (AvgIpc) is 2.15. The van der Waals surface area contributed by atoms with Gasteiger partial charge in [-0.1, -0.05) is 0 Å². The molecular weight excluding hydrogens is 179 g/mol. The normalized spacial score (nSPS) is 9.62. The number of carboxylic acid groups (broad SMARTS) is 1. The minimum absolute atomic E-state index is 0.110. The fourth-order valence-corrected chi connectivity index (χ4v) is 0.644. The number of alkyl halides is 1. The zero-order valence-corrected chi connectivity index (χ0v) is 6.61. The van der Waals surface area contributed by atoms with Crippen LogP contribution in [0.5, 0.6) is 5.88 Å². The number of rotatable bonds is 4. The average molecular weight is 186 g/mol. The van der Waals surface area contributed by atoms with E-state index < -0.39 is 12.6 Å². The Labute approximate surface area is 73.2 Å². The highest BCUT2D eigenvalue weighted by Crippen LogP contribution is 2.03. The van der Waals surface area contributed by atoms with Crippen LogP contribution in [0.2, 0.25) is 0 Å². The van der Waals surface area contributed by atoms with Gasteiger partial charge in [0.05, 0.1) is 12.4 Å². The second kappa shape index (κ2) is 4.34. The Bertz CT molecular complexity index is 288. The van der Waals surface area contributed by atoms with Crippen LogP contribution in [0.25, 0.3) is 0 Å². The molecule has 0 aliphatic heterocycles. The van der Waals surface area contributed by atoms with Crippen molar-refractivity contribution in [3.63, 3.8) is 0 Å². The van der Waals surface area contributed by atoms with Gasteiger partial charge in [0.15, 0.2) is 5.69 Å². The number of nitrogens with zero attached hydrogens (tertiary/aromatic N) is 2. The van der Waals surface area contributed by atoms with E-state index in [9.17, 15) is 9.18 Å². The standard InChI is InChI=1S/C7H7FN2O3/c8-1-2-13-6-4-9-5(3-10-6)7(11)12/h3-4H,1-2H2,(H,11,12). The Morgan fingerprint density at radius 2 is 2.31 bits per heavy atom. The molecule has 6 heteroatoms. The van der Waals surface area contributed by atoms with Gasteiger partial charge in [0, 0.05) is 0 Å². The highest BCUT2D eigenvalue weighted by molar-refractivity contribution is 5.84. The van der Waals surface area contributed by atoms with Crippen LogP contribution in [0.1, 0.15) is 10.5 Å². The first-order valence-electron chi connectivity index (χ1n) is 3.48. The second-order valence-electron chi connectivity index (χ2n) is 2.08. The van der Waals surface area contributed by atoms with E-state index in [-0.39, 0.29) is 18.2 Å². The Kier molecular flexibility index (Phi) is 3.13. The van der Waals surface area contributed by atoms with E-state index in [0.717, 1.165) is 12.4 Å². The van der Waals surface area contributed by atoms with Crippen molar-refractivity contribution >= 4 is 5.97 Å². The molecule has 1 aromatic rings. The minimum Gasteiger partial charge on any atom is -0.476 e. The molecule has 1 aromatic heterocycles. The molecule has 0 amide bonds. The predicted octanol–water partition coefficient (Wildman–Crippen LogP) is 0.523. The van der Waals surface area contributed by atoms with Crippen molar-refractivity contribution in [1.82, 2.24) is 9.97 Å². The summed E-state index contributed by atoms with van der Waals surface area (Å²) in [5, 5.41) is 8.45. The lowest BCUT2D eigenvalue weighted by Gasteiger charge is -2.00. The number of carbonyl (C=O) groups is 1. The third kappa shape index (κ3) is 2.66. The fraction of sp³-hybridized carbons (Fsp3) is 0.286. The van der Waals surface area contributed by atoms with Gasteiger partial charge in [0.25, 0.3) is 0 Å². The van der Waals surface area contributed by atoms with Crippen molar-refractivity contribution in [3.05, 3.63) is 18.1 Å². The molecule has 0 saturated carbocycles. The van der Waals surface area contributed by atoms with E-state index in [1.165, 1.54) is 0 Å². The molecule has 0 saturated heterocycles. The molecular formula is C7H7FN2O3. The van der Waals surface area contributed by atoms with Crippen LogP contribution >= 0.6 is 0 Å². The molecule has 70 valence electrons. The molecule has 1 N–H and O–H groups in total. The van der Waals surface area contributed by atoms with Gasteiger partial charge in [-0.05, 0) is 0 Å². The summed E-state index contributed by atoms with van der Waals surface area (Å²) in [6.07, 6.45) is 2.19. The molecule has 13 heavy (non-hydrogen) atoms. The molecule has 1 heterocycles. The second-order valence-corrected chi connectivity index (χ2v) is 2.08. The first kappa shape index (κ1) is 9.37. The number of carboxylic acids is 1. The molecule has 0 aromatic carbocycles. The molecule has 0 aliphatic carbocycles. The van der Waals surface area contributed by atoms with Crippen LogP contribution in [0.4, 0.5) is 4.39 Å². The first-order chi connectivity index (χ1) is 6.24. The Morgan fingerprint density at radius 1 is 1.54 bits per heavy atom. The van der Waals surface area contributed by atoms with Gasteiger partial charge >= 0.3 is 5.97 Å². The van der Waals surface area contributed by atoms with Gasteiger partial charge in [-0.25, -0.2) is 19.2 Å². The molecule has 0 spiro atoms. The van der Waals surface area contributed by atoms with E-state index in [0.29, 0.717) is 0 Å². The molecule has 0 unspecified atom stereocenters. The van der Waals surface area contributed by atoms with Gasteiger partial charge < -0.3 is 9.84 Å². The van der Waals surface area contributed by atoms with Crippen LogP contribution in [-0.2, 0) is 0 Å². The van der Waals surface area contributed by atoms with E-state index in [1.807, 2.05) is 0 Å². The Balaban J connectivity index is 2.64. The molecule has 1 rings (SSSR count). The van der Waals surface area contributed by atoms with E-state index in [1.54, 1.807) is 0 Å². The summed E-state index contributed by atoms with van der Waals surface area (Å²) < 4.78 is 16.4. The summed E-state index contributed by atoms with van der Waals surface area (Å²) in [5.41, 5.74) is -0.174. The number of aromatic nitrogens is 2. The smallest absolute Gasteiger partial charge is 0.356 e. The number of hydrogen-bond acceptors (Lipinski definition) is 4. The highest BCUT2D eigenvalue weighted by atomic mass is 19.1. The lowest BCUT2D eigenvalue weighted by Crippen LogP contribution is -2.04. The summed E-state index contributed by atoms with van der Waals surface area (Å²) in [6.45, 7) is -0.733. The van der Waals surface area contributed by atoms with Crippen LogP contribution in [0.3, 0.4) is 0 Å². The Morgan fingerprint density at radius 3 is 2.77 bits per heavy atom. The van der Waals surface area contributed by atoms with Crippen molar-refractivity contribution in [1.29, 1.82) is 0 Å². The van der Waals surface area contributed by atoms with Gasteiger partial charge in [0.1, 0.15) is 13.3 Å². The van der Waals surface area contributed by atoms with Crippen LogP contribution < -0.4 is 4.74 Å². The van der Waals surface area contributed by atoms with Crippen molar-refractivity contribution < 1.29 is 19.0 Å². The third-order valence-corrected chi connectivity index (χ3v) is 1.17. The zero-order valence-electron chi connectivity index (χ0n) is 6.61. The summed E-state index contributed by atoms with van der Waals surface area (Å²) in [5.74, 6) is -1.05. The maximum Gasteiger partial charge on any atom is 0.356 e. The van der Waals surface area contributed by atoms with Crippen LogP contribution in [0.15, 0.2) is 12.4 Å². The largest absolute Gasteiger partial charge is 0.476 e. The molecule has 0 fully saturated rings. The highest BCUT2D eigenvalue weighted by Gasteiger charge is 2.04. The topological polar surface area (TPSA) is 72.3 Å². The molecule has 5 nitrogen and oxygen atoms in total. The van der Waals surface area contributed by atoms with Crippen LogP contribution in [-0.4, -0.2) is 34.3 Å². The molecule has 0 atom stereocenters. The lowest BCUT2D eigenvalue weighted by molar-refractivity contribution is 0.0689. The van der Waals surface area contributed by atoms with E-state index in [2.05, 4.69) is 9.97 Å². The summed E-state index contributed by atoms with van der Waals surface area (Å²) in [7, 11) is 0. The molecule has 0 aliphatic rings. The molecule has 0 bridgehead atoms. The minimum atomic E-state index is -1.16. The van der Waals surface area contributed by atoms with Gasteiger partial charge in [-0.2, -0.15) is 0 Å². The van der Waals surface area contributed by atoms with Crippen LogP contribution in [0, 0.1) is 0 Å². The number of halogens is 1. The van der Waals surface area contributed by atoms with E-state index in [4.69, 9.17) is 9.84 Å². The third-order valence-electron chi connectivity index (χ3n) is 1.17. The summed E-state index contributed by atoms with van der Waals surface area (Å²) in [6, 6.07) is 0. The molecule has 0 radical (unpaired) electrons. The predicted molar refractivity (Wildman–Crippen MR) is 40.5 cm³/mol. The zero-order chi connectivity index (χ0) is 9.68. The number of aromatic carboxylic acids is 1. The maximum atomic E-state index is 11.6. The van der Waals surface area contributed by atoms with Crippen molar-refractivity contribution in [2.24, 2.45) is 0 Å². The van der Waals surface area contributed by atoms with E-state index >= 15 is 0 Å². The van der Waals surface area contributed by atoms with Gasteiger partial charge in [-0.3, -0.25) is 0 Å². The first-order valence-corrected chi connectivity index (χ1v) is 3.48. The SMILES string of the molecule is O=C(O)c1cnc(OCCF)cn1. The monoisotopic (exact) mass is 186 g/mol. The number of hydrogen-bond donors (Lipinski definition) is 1. The van der Waals surface area contributed by atoms with Gasteiger partial charge in [0.2, 0.25) is 5.88 Å². The summed E-state index contributed by atoms with van der Waals surface area (Å²) in [4.78, 5) is 17.4. The lowest BCUT2D eigenvalue weighted by atomic mass is 10.5. The quantitative estimate of drug-likeness (QED) is 0.742. The van der Waals surface area contributed by atoms with Crippen molar-refractivity contribution in [3.8, 4) is 5.88 Å². The number of ether oxygens (including phenoxy) is 1. The maximum absolute atomic E-state index is 11.6. The summed E-state index contributed by atoms with van der Waals surface area (Å²) >= 11 is 0. The van der Waals surface area contributed by atoms with Crippen molar-refractivity contribution in [2.75, 3.05) is 13.3 Å². The van der Waals surface area contributed by atoms with Crippen molar-refractivity contribution in [2.45, 2.75) is 0 Å². The Hall–Kier alpha value is -1.72. The fourth-order valence-electron chi connectivity index (χ4n) is 0.644. The van der Waals surface area contributed by atoms with Gasteiger partial charge in [-0.15, -0.1) is 0 Å².